The lowest BCUT2D eigenvalue weighted by atomic mass is 10.1. The van der Waals surface area contributed by atoms with Crippen LogP contribution in [0, 0.1) is 0 Å². The molecule has 0 saturated carbocycles. The second kappa shape index (κ2) is 45.7. The lowest BCUT2D eigenvalue weighted by molar-refractivity contribution is -0.162. The van der Waals surface area contributed by atoms with Gasteiger partial charge in [-0.15, -0.1) is 0 Å². The molecule has 5 heteroatoms. The predicted octanol–water partition coefficient (Wildman–Crippen LogP) is 14.7. The van der Waals surface area contributed by atoms with Crippen molar-refractivity contribution in [1.29, 1.82) is 0 Å². The first-order valence-electron chi connectivity index (χ1n) is 22.1. The van der Waals surface area contributed by atoms with E-state index in [-0.39, 0.29) is 31.6 Å². The molecule has 0 aliphatic rings. The Kier molecular flexibility index (Phi) is 42.7. The van der Waals surface area contributed by atoms with E-state index >= 15 is 0 Å². The Hall–Kier alpha value is -3.70. The fourth-order valence-electron chi connectivity index (χ4n) is 5.31. The summed E-state index contributed by atoms with van der Waals surface area (Å²) in [6, 6.07) is 0. The van der Waals surface area contributed by atoms with Gasteiger partial charge in [-0.1, -0.05) is 181 Å². The van der Waals surface area contributed by atoms with E-state index in [9.17, 15) is 9.59 Å². The largest absolute Gasteiger partial charge is 0.462 e. The molecule has 0 heterocycles. The summed E-state index contributed by atoms with van der Waals surface area (Å²) in [5.74, 6) is -0.597. The summed E-state index contributed by atoms with van der Waals surface area (Å²) in [4.78, 5) is 25.1. The zero-order valence-electron chi connectivity index (χ0n) is 35.8. The van der Waals surface area contributed by atoms with Gasteiger partial charge in [0.2, 0.25) is 0 Å². The van der Waals surface area contributed by atoms with Crippen LogP contribution in [0.25, 0.3) is 0 Å². The summed E-state index contributed by atoms with van der Waals surface area (Å²) < 4.78 is 17.0. The summed E-state index contributed by atoms with van der Waals surface area (Å²) in [5, 5.41) is 0. The van der Waals surface area contributed by atoms with Crippen LogP contribution in [0.2, 0.25) is 0 Å². The number of esters is 2. The van der Waals surface area contributed by atoms with Crippen molar-refractivity contribution >= 4 is 11.9 Å². The first-order valence-corrected chi connectivity index (χ1v) is 22.1. The molecule has 1 atom stereocenters. The number of carbonyl (C=O) groups is 2. The highest BCUT2D eigenvalue weighted by Gasteiger charge is 2.17. The zero-order valence-corrected chi connectivity index (χ0v) is 35.8. The van der Waals surface area contributed by atoms with Crippen molar-refractivity contribution in [3.63, 3.8) is 0 Å². The van der Waals surface area contributed by atoms with E-state index in [1.54, 1.807) is 0 Å². The summed E-state index contributed by atoms with van der Waals surface area (Å²) in [5.41, 5.74) is 0. The number of unbranched alkanes of at least 4 members (excludes halogenated alkanes) is 8. The number of carbonyl (C=O) groups excluding carboxylic acids is 2. The summed E-state index contributed by atoms with van der Waals surface area (Å²) in [6.45, 7) is 7.38. The third kappa shape index (κ3) is 43.0. The molecule has 5 nitrogen and oxygen atoms in total. The molecule has 0 fully saturated rings. The van der Waals surface area contributed by atoms with Gasteiger partial charge in [0.15, 0.2) is 6.10 Å². The quantitative estimate of drug-likeness (QED) is 0.0355. The van der Waals surface area contributed by atoms with Crippen molar-refractivity contribution in [2.45, 2.75) is 168 Å². The molecule has 0 aromatic rings. The van der Waals surface area contributed by atoms with Gasteiger partial charge in [0.1, 0.15) is 6.61 Å². The van der Waals surface area contributed by atoms with Gasteiger partial charge in [0, 0.05) is 13.0 Å². The standard InChI is InChI=1S/C51H80O5/c1-4-7-10-13-16-18-20-22-24-25-26-27-29-30-32-34-36-38-41-44-50(52)55-48-49(47-54-46-43-40-15-12-9-6-3)56-51(53)45-42-39-37-35-33-31-28-23-21-19-17-14-11-8-5-2/h7-8,10-11,16-19,22-24,26-28,30,32-33,35,39,42,49H,4-6,9,12-15,20-21,25,29,31,34,36-38,40-41,43-48H2,1-3H3/b10-7-,11-8-,18-16-,19-17-,24-22-,27-26-,28-23-,32-30-,35-33-,42-39-. The second-order valence-electron chi connectivity index (χ2n) is 13.9. The molecule has 0 aromatic carbocycles. The van der Waals surface area contributed by atoms with Gasteiger partial charge >= 0.3 is 11.9 Å². The van der Waals surface area contributed by atoms with E-state index < -0.39 is 6.10 Å². The Bertz CT molecular complexity index is 1190. The van der Waals surface area contributed by atoms with Crippen LogP contribution < -0.4 is 0 Å². The van der Waals surface area contributed by atoms with Gasteiger partial charge in [-0.05, 0) is 89.9 Å². The number of hydrogen-bond acceptors (Lipinski definition) is 5. The molecule has 0 spiro atoms. The molecule has 0 N–H and O–H groups in total. The molecule has 0 aliphatic carbocycles. The van der Waals surface area contributed by atoms with E-state index in [0.717, 1.165) is 103 Å². The summed E-state index contributed by atoms with van der Waals surface area (Å²) >= 11 is 0. The fourth-order valence-corrected chi connectivity index (χ4v) is 5.31. The summed E-state index contributed by atoms with van der Waals surface area (Å²) in [6.07, 6.45) is 63.7. The van der Waals surface area contributed by atoms with Crippen LogP contribution >= 0.6 is 0 Å². The average Bonchev–Trinajstić information content (AvgIpc) is 3.20. The van der Waals surface area contributed by atoms with Crippen LogP contribution in [0.15, 0.2) is 122 Å². The minimum atomic E-state index is -0.607. The molecule has 56 heavy (non-hydrogen) atoms. The van der Waals surface area contributed by atoms with Crippen LogP contribution in [0.3, 0.4) is 0 Å². The van der Waals surface area contributed by atoms with Gasteiger partial charge in [-0.25, -0.2) is 0 Å². The van der Waals surface area contributed by atoms with Crippen molar-refractivity contribution < 1.29 is 23.8 Å². The van der Waals surface area contributed by atoms with Crippen LogP contribution in [-0.4, -0.2) is 37.9 Å². The topological polar surface area (TPSA) is 61.8 Å². The highest BCUT2D eigenvalue weighted by Crippen LogP contribution is 2.09. The van der Waals surface area contributed by atoms with E-state index in [0.29, 0.717) is 13.0 Å². The Balaban J connectivity index is 4.35. The molecule has 0 bridgehead atoms. The Morgan fingerprint density at radius 1 is 0.429 bits per heavy atom. The lowest BCUT2D eigenvalue weighted by Gasteiger charge is -2.18. The number of rotatable bonds is 38. The highest BCUT2D eigenvalue weighted by molar-refractivity contribution is 5.71. The van der Waals surface area contributed by atoms with Gasteiger partial charge < -0.3 is 14.2 Å². The Labute approximate surface area is 344 Å². The molecule has 0 radical (unpaired) electrons. The predicted molar refractivity (Wildman–Crippen MR) is 242 cm³/mol. The smallest absolute Gasteiger partial charge is 0.310 e. The maximum Gasteiger partial charge on any atom is 0.310 e. The molecule has 1 unspecified atom stereocenters. The van der Waals surface area contributed by atoms with Crippen LogP contribution in [-0.2, 0) is 23.8 Å². The first kappa shape index (κ1) is 52.3. The highest BCUT2D eigenvalue weighted by atomic mass is 16.6. The van der Waals surface area contributed by atoms with Crippen LogP contribution in [0.1, 0.15) is 162 Å². The molecular formula is C51H80O5. The van der Waals surface area contributed by atoms with Gasteiger partial charge in [-0.3, -0.25) is 9.59 Å². The number of hydrogen-bond donors (Lipinski definition) is 0. The third-order valence-corrected chi connectivity index (χ3v) is 8.53. The zero-order chi connectivity index (χ0) is 40.7. The van der Waals surface area contributed by atoms with E-state index in [2.05, 4.69) is 130 Å². The monoisotopic (exact) mass is 773 g/mol. The maximum absolute atomic E-state index is 12.6. The van der Waals surface area contributed by atoms with Crippen LogP contribution in [0.4, 0.5) is 0 Å². The molecule has 0 aromatic heterocycles. The van der Waals surface area contributed by atoms with Crippen LogP contribution in [0.5, 0.6) is 0 Å². The number of allylic oxidation sites excluding steroid dienone is 19. The van der Waals surface area contributed by atoms with Crippen molar-refractivity contribution in [3.05, 3.63) is 122 Å². The molecule has 0 saturated heterocycles. The molecule has 0 rings (SSSR count). The molecule has 314 valence electrons. The normalized spacial score (nSPS) is 13.4. The van der Waals surface area contributed by atoms with E-state index in [1.165, 1.54) is 25.7 Å². The Morgan fingerprint density at radius 3 is 1.36 bits per heavy atom. The molecule has 0 amide bonds. The van der Waals surface area contributed by atoms with E-state index in [1.807, 2.05) is 12.2 Å². The van der Waals surface area contributed by atoms with E-state index in [4.69, 9.17) is 14.2 Å². The van der Waals surface area contributed by atoms with Crippen molar-refractivity contribution in [3.8, 4) is 0 Å². The maximum atomic E-state index is 12.6. The minimum Gasteiger partial charge on any atom is -0.462 e. The van der Waals surface area contributed by atoms with Gasteiger partial charge in [-0.2, -0.15) is 0 Å². The third-order valence-electron chi connectivity index (χ3n) is 8.53. The van der Waals surface area contributed by atoms with Crippen molar-refractivity contribution in [2.75, 3.05) is 19.8 Å². The first-order chi connectivity index (χ1) is 27.6. The number of ether oxygens (including phenoxy) is 3. The van der Waals surface area contributed by atoms with Crippen molar-refractivity contribution in [1.82, 2.24) is 0 Å². The average molecular weight is 773 g/mol. The Morgan fingerprint density at radius 2 is 0.857 bits per heavy atom. The molecule has 0 aliphatic heterocycles. The van der Waals surface area contributed by atoms with Crippen molar-refractivity contribution in [2.24, 2.45) is 0 Å². The fraction of sp³-hybridized carbons (Fsp3) is 0.569. The van der Waals surface area contributed by atoms with Gasteiger partial charge in [0.05, 0.1) is 13.0 Å². The lowest BCUT2D eigenvalue weighted by Crippen LogP contribution is -2.29. The second-order valence-corrected chi connectivity index (χ2v) is 13.9. The SMILES string of the molecule is CC/C=C\C/C=C\C/C=C\C/C=C\C/C=C\CCCCCC(=O)OCC(COCCCCCCCC)OC(=O)C/C=C\C/C=C\C/C=C\C/C=C\C/C=C\CC. The van der Waals surface area contributed by atoms with Gasteiger partial charge in [0.25, 0.3) is 0 Å². The minimum absolute atomic E-state index is 0.0206. The summed E-state index contributed by atoms with van der Waals surface area (Å²) in [7, 11) is 0. The molecular weight excluding hydrogens is 693 g/mol.